The van der Waals surface area contributed by atoms with Gasteiger partial charge in [0.2, 0.25) is 0 Å². The maximum Gasteiger partial charge on any atom is 0.339 e. The monoisotopic (exact) mass is 345 g/mol. The first-order valence-electron chi connectivity index (χ1n) is 7.72. The van der Waals surface area contributed by atoms with Crippen LogP contribution in [0, 0.1) is 22.7 Å². The number of aromatic nitrogens is 4. The molecular formula is C17H11N7O2. The summed E-state index contributed by atoms with van der Waals surface area (Å²) in [6, 6.07) is 7.39. The molecule has 9 heteroatoms. The molecule has 4 rings (SSSR count). The van der Waals surface area contributed by atoms with Crippen molar-refractivity contribution >= 4 is 22.7 Å². The lowest BCUT2D eigenvalue weighted by molar-refractivity contribution is 0.0697. The van der Waals surface area contributed by atoms with Crippen LogP contribution < -0.4 is 5.32 Å². The molecule has 3 aromatic heterocycles. The summed E-state index contributed by atoms with van der Waals surface area (Å²) >= 11 is 0. The van der Waals surface area contributed by atoms with Crippen molar-refractivity contribution in [3.8, 4) is 18.0 Å². The van der Waals surface area contributed by atoms with E-state index in [1.54, 1.807) is 12.3 Å². The molecule has 3 heterocycles. The third kappa shape index (κ3) is 2.58. The number of fused-ring (bicyclic) bond motifs is 1. The van der Waals surface area contributed by atoms with Crippen molar-refractivity contribution in [2.24, 2.45) is 0 Å². The molecule has 2 N–H and O–H groups in total. The molecule has 0 aromatic carbocycles. The third-order valence-corrected chi connectivity index (χ3v) is 4.18. The molecule has 0 unspecified atom stereocenters. The Morgan fingerprint density at radius 1 is 1.27 bits per heavy atom. The zero-order valence-corrected chi connectivity index (χ0v) is 13.3. The molecule has 1 saturated carbocycles. The predicted octanol–water partition coefficient (Wildman–Crippen LogP) is 1.85. The minimum absolute atomic E-state index is 0.0168. The Bertz CT molecular complexity index is 1130. The molecule has 0 atom stereocenters. The van der Waals surface area contributed by atoms with E-state index in [-0.39, 0.29) is 5.56 Å². The van der Waals surface area contributed by atoms with Crippen molar-refractivity contribution in [1.29, 1.82) is 10.5 Å². The van der Waals surface area contributed by atoms with Gasteiger partial charge in [-0.2, -0.15) is 10.5 Å². The lowest BCUT2D eigenvalue weighted by Crippen LogP contribution is -2.21. The van der Waals surface area contributed by atoms with Gasteiger partial charge in [-0.25, -0.2) is 19.4 Å². The van der Waals surface area contributed by atoms with Gasteiger partial charge in [0, 0.05) is 30.0 Å². The first-order chi connectivity index (χ1) is 12.5. The lowest BCUT2D eigenvalue weighted by atomic mass is 10.2. The molecule has 0 radical (unpaired) electrons. The number of carboxylic acids is 1. The zero-order chi connectivity index (χ0) is 18.3. The first-order valence-corrected chi connectivity index (χ1v) is 7.72. The number of anilines is 1. The number of nitriles is 2. The third-order valence-electron chi connectivity index (χ3n) is 4.18. The van der Waals surface area contributed by atoms with E-state index in [1.165, 1.54) is 23.1 Å². The Kier molecular flexibility index (Phi) is 3.31. The summed E-state index contributed by atoms with van der Waals surface area (Å²) in [7, 11) is 0. The molecule has 3 aromatic rings. The summed E-state index contributed by atoms with van der Waals surface area (Å²) in [5.41, 5.74) is 0.432. The van der Waals surface area contributed by atoms with Gasteiger partial charge in [0.1, 0.15) is 17.2 Å². The van der Waals surface area contributed by atoms with Gasteiger partial charge in [0.15, 0.2) is 11.5 Å². The minimum Gasteiger partial charge on any atom is -0.478 e. The normalized spacial score (nSPS) is 14.4. The van der Waals surface area contributed by atoms with Gasteiger partial charge < -0.3 is 10.4 Å². The van der Waals surface area contributed by atoms with Gasteiger partial charge in [0.25, 0.3) is 0 Å². The number of hydrogen-bond donors (Lipinski definition) is 2. The van der Waals surface area contributed by atoms with E-state index in [4.69, 9.17) is 5.26 Å². The topological polar surface area (TPSA) is 141 Å². The molecule has 0 saturated heterocycles. The number of nitrogens with zero attached hydrogens (tertiary/aromatic N) is 6. The van der Waals surface area contributed by atoms with E-state index in [9.17, 15) is 15.2 Å². The first kappa shape index (κ1) is 15.5. The lowest BCUT2D eigenvalue weighted by Gasteiger charge is -2.14. The van der Waals surface area contributed by atoms with Crippen molar-refractivity contribution in [3.63, 3.8) is 0 Å². The summed E-state index contributed by atoms with van der Waals surface area (Å²) in [6.45, 7) is 0. The number of pyridine rings is 2. The Hall–Kier alpha value is -3.98. The zero-order valence-electron chi connectivity index (χ0n) is 13.3. The van der Waals surface area contributed by atoms with E-state index in [0.717, 1.165) is 0 Å². The van der Waals surface area contributed by atoms with Gasteiger partial charge in [-0.15, -0.1) is 5.10 Å². The standard InChI is InChI=1S/C17H11N7O2/c18-5-10-3-11-8-24(23-15(11)21-6-10)14-4-13(12(7-20-14)16(25)26)22-17(9-19)1-2-17/h3-4,6-8H,1-2H2,(H,20,22)(H,25,26). The average molecular weight is 345 g/mol. The van der Waals surface area contributed by atoms with Crippen molar-refractivity contribution in [1.82, 2.24) is 19.7 Å². The summed E-state index contributed by atoms with van der Waals surface area (Å²) in [5.74, 6) is -0.756. The van der Waals surface area contributed by atoms with Crippen LogP contribution in [-0.4, -0.2) is 36.4 Å². The number of carbonyl (C=O) groups is 1. The van der Waals surface area contributed by atoms with Gasteiger partial charge in [-0.05, 0) is 18.9 Å². The van der Waals surface area contributed by atoms with Gasteiger partial charge in [-0.3, -0.25) is 0 Å². The second-order valence-electron chi connectivity index (χ2n) is 6.03. The van der Waals surface area contributed by atoms with Crippen LogP contribution in [0.2, 0.25) is 0 Å². The van der Waals surface area contributed by atoms with E-state index < -0.39 is 11.5 Å². The van der Waals surface area contributed by atoms with Crippen molar-refractivity contribution in [2.75, 3.05) is 5.32 Å². The molecule has 0 bridgehead atoms. The van der Waals surface area contributed by atoms with Crippen molar-refractivity contribution in [3.05, 3.63) is 41.9 Å². The number of hydrogen-bond acceptors (Lipinski definition) is 7. The van der Waals surface area contributed by atoms with E-state index in [2.05, 4.69) is 26.5 Å². The SMILES string of the molecule is N#Cc1cnc2nn(-c3cc(NC4(C#N)CC4)c(C(=O)O)cn3)cc2c1. The van der Waals surface area contributed by atoms with Crippen LogP contribution in [0.15, 0.2) is 30.7 Å². The van der Waals surface area contributed by atoms with Crippen LogP contribution in [0.25, 0.3) is 16.9 Å². The fourth-order valence-electron chi connectivity index (χ4n) is 2.59. The Morgan fingerprint density at radius 2 is 2.08 bits per heavy atom. The van der Waals surface area contributed by atoms with Gasteiger partial charge >= 0.3 is 5.97 Å². The molecule has 0 aliphatic heterocycles. The quantitative estimate of drug-likeness (QED) is 0.730. The highest BCUT2D eigenvalue weighted by atomic mass is 16.4. The fraction of sp³-hybridized carbons (Fsp3) is 0.176. The van der Waals surface area contributed by atoms with Crippen LogP contribution in [-0.2, 0) is 0 Å². The molecular weight excluding hydrogens is 334 g/mol. The highest BCUT2D eigenvalue weighted by Gasteiger charge is 2.44. The van der Waals surface area contributed by atoms with Crippen LogP contribution in [0.3, 0.4) is 0 Å². The largest absolute Gasteiger partial charge is 0.478 e. The van der Waals surface area contributed by atoms with E-state index in [0.29, 0.717) is 40.9 Å². The molecule has 1 fully saturated rings. The molecule has 126 valence electrons. The minimum atomic E-state index is -1.13. The summed E-state index contributed by atoms with van der Waals surface area (Å²) in [6.07, 6.45) is 5.64. The number of rotatable bonds is 4. The van der Waals surface area contributed by atoms with Crippen molar-refractivity contribution in [2.45, 2.75) is 18.4 Å². The molecule has 1 aliphatic rings. The van der Waals surface area contributed by atoms with Crippen LogP contribution >= 0.6 is 0 Å². The molecule has 26 heavy (non-hydrogen) atoms. The fourth-order valence-corrected chi connectivity index (χ4v) is 2.59. The molecule has 9 nitrogen and oxygen atoms in total. The maximum absolute atomic E-state index is 11.4. The summed E-state index contributed by atoms with van der Waals surface area (Å²) in [4.78, 5) is 19.7. The second-order valence-corrected chi connectivity index (χ2v) is 6.03. The Morgan fingerprint density at radius 3 is 2.73 bits per heavy atom. The smallest absolute Gasteiger partial charge is 0.339 e. The van der Waals surface area contributed by atoms with Crippen LogP contribution in [0.1, 0.15) is 28.8 Å². The molecule has 0 amide bonds. The number of nitrogens with one attached hydrogen (secondary N) is 1. The highest BCUT2D eigenvalue weighted by molar-refractivity contribution is 5.94. The van der Waals surface area contributed by atoms with Crippen LogP contribution in [0.5, 0.6) is 0 Å². The predicted molar refractivity (Wildman–Crippen MR) is 89.5 cm³/mol. The Labute approximate surface area is 147 Å². The number of carboxylic acid groups (broad SMARTS) is 1. The summed E-state index contributed by atoms with van der Waals surface area (Å²) < 4.78 is 1.46. The molecule has 0 spiro atoms. The van der Waals surface area contributed by atoms with E-state index in [1.807, 2.05) is 6.07 Å². The number of aromatic carboxylic acids is 1. The van der Waals surface area contributed by atoms with Gasteiger partial charge in [-0.1, -0.05) is 0 Å². The average Bonchev–Trinajstić information content (AvgIpc) is 3.29. The van der Waals surface area contributed by atoms with Gasteiger partial charge in [0.05, 0.1) is 17.3 Å². The Balaban J connectivity index is 1.78. The highest BCUT2D eigenvalue weighted by Crippen LogP contribution is 2.39. The van der Waals surface area contributed by atoms with Crippen molar-refractivity contribution < 1.29 is 9.90 Å². The van der Waals surface area contributed by atoms with Crippen LogP contribution in [0.4, 0.5) is 5.69 Å². The summed E-state index contributed by atoms with van der Waals surface area (Å²) in [5, 5.41) is 35.5. The second kappa shape index (κ2) is 5.53. The molecule has 1 aliphatic carbocycles. The maximum atomic E-state index is 11.4. The van der Waals surface area contributed by atoms with E-state index >= 15 is 0 Å².